The van der Waals surface area contributed by atoms with Gasteiger partial charge in [0.2, 0.25) is 11.8 Å². The molecule has 0 bridgehead atoms. The van der Waals surface area contributed by atoms with E-state index in [1.165, 1.54) is 0 Å². The second kappa shape index (κ2) is 7.67. The zero-order valence-electron chi connectivity index (χ0n) is 17.1. The molecule has 152 valence electrons. The first-order chi connectivity index (χ1) is 15.8. The molecular weight excluding hydrogens is 396 g/mol. The highest BCUT2D eigenvalue weighted by Crippen LogP contribution is 2.37. The summed E-state index contributed by atoms with van der Waals surface area (Å²) < 4.78 is 12.3. The summed E-state index contributed by atoms with van der Waals surface area (Å²) in [5, 5.41) is 0. The van der Waals surface area contributed by atoms with Crippen LogP contribution in [0.5, 0.6) is 0 Å². The molecule has 32 heavy (non-hydrogen) atoms. The summed E-state index contributed by atoms with van der Waals surface area (Å²) in [5.41, 5.74) is 6.89. The standard InChI is InChI=1S/C28H18N2O2/c1-2-9-19(10-3-1)17-18-20-11-8-12-21(27-29-22-13-4-6-15-24(22)31-27)26(20)28-30-23-14-5-7-16-25(23)32-28/h1-18H/b18-17-. The van der Waals surface area contributed by atoms with E-state index in [0.717, 1.165) is 44.5 Å². The number of hydrogen-bond acceptors (Lipinski definition) is 4. The molecule has 2 aromatic heterocycles. The van der Waals surface area contributed by atoms with Crippen molar-refractivity contribution < 1.29 is 8.83 Å². The Labute approximate surface area is 184 Å². The van der Waals surface area contributed by atoms with Gasteiger partial charge in [-0.3, -0.25) is 0 Å². The van der Waals surface area contributed by atoms with E-state index in [1.807, 2.05) is 78.9 Å². The van der Waals surface area contributed by atoms with E-state index in [9.17, 15) is 0 Å². The highest BCUT2D eigenvalue weighted by atomic mass is 16.4. The first-order valence-electron chi connectivity index (χ1n) is 10.4. The SMILES string of the molecule is C(=C/c1cccc(-c2nc3ccccc3o2)c1-c1nc2ccccc2o1)/c1ccccc1. The molecule has 4 heteroatoms. The van der Waals surface area contributed by atoms with Crippen molar-refractivity contribution in [2.24, 2.45) is 0 Å². The summed E-state index contributed by atoms with van der Waals surface area (Å²) in [5.74, 6) is 1.08. The molecule has 6 aromatic rings. The molecule has 0 radical (unpaired) electrons. The zero-order chi connectivity index (χ0) is 21.3. The molecule has 4 aromatic carbocycles. The minimum atomic E-state index is 0.539. The van der Waals surface area contributed by atoms with Crippen molar-refractivity contribution in [1.29, 1.82) is 0 Å². The van der Waals surface area contributed by atoms with Crippen molar-refractivity contribution in [3.05, 3.63) is 108 Å². The van der Waals surface area contributed by atoms with E-state index in [-0.39, 0.29) is 0 Å². The number of oxazole rings is 2. The Bertz CT molecular complexity index is 1510. The summed E-state index contributed by atoms with van der Waals surface area (Å²) in [7, 11) is 0. The minimum Gasteiger partial charge on any atom is -0.436 e. The van der Waals surface area contributed by atoms with Crippen molar-refractivity contribution >= 4 is 34.4 Å². The monoisotopic (exact) mass is 414 g/mol. The van der Waals surface area contributed by atoms with E-state index in [2.05, 4.69) is 30.4 Å². The minimum absolute atomic E-state index is 0.539. The maximum absolute atomic E-state index is 6.17. The topological polar surface area (TPSA) is 52.1 Å². The van der Waals surface area contributed by atoms with Gasteiger partial charge in [-0.25, -0.2) is 9.97 Å². The average molecular weight is 414 g/mol. The fourth-order valence-corrected chi connectivity index (χ4v) is 3.84. The molecule has 0 N–H and O–H groups in total. The Morgan fingerprint density at radius 2 is 1.16 bits per heavy atom. The number of para-hydroxylation sites is 4. The third-order valence-corrected chi connectivity index (χ3v) is 5.38. The van der Waals surface area contributed by atoms with E-state index >= 15 is 0 Å². The van der Waals surface area contributed by atoms with Crippen LogP contribution in [0.25, 0.3) is 57.3 Å². The summed E-state index contributed by atoms with van der Waals surface area (Å²) in [4.78, 5) is 9.49. The highest BCUT2D eigenvalue weighted by molar-refractivity contribution is 5.90. The number of benzene rings is 4. The molecule has 0 unspecified atom stereocenters. The third-order valence-electron chi connectivity index (χ3n) is 5.38. The van der Waals surface area contributed by atoms with Crippen LogP contribution in [-0.4, -0.2) is 9.97 Å². The van der Waals surface area contributed by atoms with Gasteiger partial charge in [0.05, 0.1) is 11.1 Å². The lowest BCUT2D eigenvalue weighted by atomic mass is 9.99. The summed E-state index contributed by atoms with van der Waals surface area (Å²) >= 11 is 0. The van der Waals surface area contributed by atoms with Crippen LogP contribution in [0.4, 0.5) is 0 Å². The molecule has 4 nitrogen and oxygen atoms in total. The molecule has 0 saturated carbocycles. The first kappa shape index (κ1) is 18.3. The molecule has 0 aliphatic rings. The van der Waals surface area contributed by atoms with E-state index in [0.29, 0.717) is 11.8 Å². The fourth-order valence-electron chi connectivity index (χ4n) is 3.84. The zero-order valence-corrected chi connectivity index (χ0v) is 17.1. The largest absolute Gasteiger partial charge is 0.436 e. The van der Waals surface area contributed by atoms with Crippen LogP contribution in [0.15, 0.2) is 106 Å². The molecule has 0 saturated heterocycles. The van der Waals surface area contributed by atoms with E-state index in [1.54, 1.807) is 0 Å². The smallest absolute Gasteiger partial charge is 0.228 e. The van der Waals surface area contributed by atoms with Gasteiger partial charge in [-0.2, -0.15) is 0 Å². The number of fused-ring (bicyclic) bond motifs is 2. The average Bonchev–Trinajstić information content (AvgIpc) is 3.47. The highest BCUT2D eigenvalue weighted by Gasteiger charge is 2.20. The van der Waals surface area contributed by atoms with Gasteiger partial charge in [-0.15, -0.1) is 0 Å². The van der Waals surface area contributed by atoms with Crippen LogP contribution in [0.1, 0.15) is 11.1 Å². The van der Waals surface area contributed by atoms with Crippen molar-refractivity contribution in [2.45, 2.75) is 0 Å². The van der Waals surface area contributed by atoms with Crippen LogP contribution in [-0.2, 0) is 0 Å². The van der Waals surface area contributed by atoms with Gasteiger partial charge < -0.3 is 8.83 Å². The van der Waals surface area contributed by atoms with Crippen LogP contribution >= 0.6 is 0 Å². The first-order valence-corrected chi connectivity index (χ1v) is 10.4. The summed E-state index contributed by atoms with van der Waals surface area (Å²) in [6.07, 6.45) is 4.16. The predicted octanol–water partition coefficient (Wildman–Crippen LogP) is 7.47. The van der Waals surface area contributed by atoms with Gasteiger partial charge in [0.25, 0.3) is 0 Å². The van der Waals surface area contributed by atoms with Crippen LogP contribution in [0.3, 0.4) is 0 Å². The summed E-state index contributed by atoms with van der Waals surface area (Å²) in [6.45, 7) is 0. The summed E-state index contributed by atoms with van der Waals surface area (Å²) in [6, 6.07) is 31.8. The quantitative estimate of drug-likeness (QED) is 0.281. The molecule has 0 aliphatic heterocycles. The molecule has 6 rings (SSSR count). The van der Waals surface area contributed by atoms with Gasteiger partial charge in [-0.05, 0) is 41.5 Å². The molecule has 0 spiro atoms. The Morgan fingerprint density at radius 3 is 1.88 bits per heavy atom. The predicted molar refractivity (Wildman–Crippen MR) is 128 cm³/mol. The lowest BCUT2D eigenvalue weighted by molar-refractivity contribution is 0.611. The Hall–Kier alpha value is -4.44. The Balaban J connectivity index is 1.57. The normalized spacial score (nSPS) is 11.6. The van der Waals surface area contributed by atoms with E-state index in [4.69, 9.17) is 18.8 Å². The molecule has 0 atom stereocenters. The fraction of sp³-hybridized carbons (Fsp3) is 0. The Kier molecular flexibility index (Phi) is 4.40. The van der Waals surface area contributed by atoms with Gasteiger partial charge in [-0.1, -0.05) is 78.9 Å². The van der Waals surface area contributed by atoms with Crippen molar-refractivity contribution in [3.8, 4) is 22.9 Å². The number of rotatable bonds is 4. The number of hydrogen-bond donors (Lipinski definition) is 0. The maximum Gasteiger partial charge on any atom is 0.228 e. The van der Waals surface area contributed by atoms with Crippen LogP contribution < -0.4 is 0 Å². The third kappa shape index (κ3) is 3.28. The van der Waals surface area contributed by atoms with Crippen LogP contribution in [0, 0.1) is 0 Å². The molecule has 0 fully saturated rings. The second-order valence-corrected chi connectivity index (χ2v) is 7.49. The van der Waals surface area contributed by atoms with Gasteiger partial charge in [0.15, 0.2) is 11.2 Å². The molecular formula is C28H18N2O2. The second-order valence-electron chi connectivity index (χ2n) is 7.49. The number of aromatic nitrogens is 2. The van der Waals surface area contributed by atoms with Gasteiger partial charge in [0, 0.05) is 0 Å². The lowest BCUT2D eigenvalue weighted by Gasteiger charge is -2.07. The molecule has 2 heterocycles. The maximum atomic E-state index is 6.17. The van der Waals surface area contributed by atoms with Gasteiger partial charge >= 0.3 is 0 Å². The number of nitrogens with zero attached hydrogens (tertiary/aromatic N) is 2. The van der Waals surface area contributed by atoms with Crippen LogP contribution in [0.2, 0.25) is 0 Å². The van der Waals surface area contributed by atoms with Crippen molar-refractivity contribution in [1.82, 2.24) is 9.97 Å². The molecule has 0 aliphatic carbocycles. The van der Waals surface area contributed by atoms with E-state index < -0.39 is 0 Å². The lowest BCUT2D eigenvalue weighted by Crippen LogP contribution is -1.90. The Morgan fingerprint density at radius 1 is 0.531 bits per heavy atom. The molecule has 0 amide bonds. The van der Waals surface area contributed by atoms with Crippen molar-refractivity contribution in [3.63, 3.8) is 0 Å². The van der Waals surface area contributed by atoms with Crippen molar-refractivity contribution in [2.75, 3.05) is 0 Å². The van der Waals surface area contributed by atoms with Gasteiger partial charge in [0.1, 0.15) is 11.0 Å².